The molecular formula is C21H25N7O. The third kappa shape index (κ3) is 4.11. The number of hydrogen-bond donors (Lipinski definition) is 1. The van der Waals surface area contributed by atoms with E-state index in [1.54, 1.807) is 11.0 Å². The summed E-state index contributed by atoms with van der Waals surface area (Å²) in [7, 11) is 0. The van der Waals surface area contributed by atoms with Crippen LogP contribution in [0.3, 0.4) is 0 Å². The van der Waals surface area contributed by atoms with Crippen molar-refractivity contribution in [1.29, 1.82) is 0 Å². The average Bonchev–Trinajstić information content (AvgIpc) is 3.26. The van der Waals surface area contributed by atoms with E-state index >= 15 is 0 Å². The first-order chi connectivity index (χ1) is 14.0. The number of carbonyl (C=O) groups is 1. The normalized spacial score (nSPS) is 14.8. The molecule has 3 aromatic rings. The van der Waals surface area contributed by atoms with Gasteiger partial charge in [0.1, 0.15) is 12.7 Å². The minimum atomic E-state index is 0.00809. The van der Waals surface area contributed by atoms with Crippen LogP contribution in [0.25, 0.3) is 5.82 Å². The van der Waals surface area contributed by atoms with Crippen molar-refractivity contribution in [1.82, 2.24) is 25.0 Å². The maximum Gasteiger partial charge on any atom is 0.227 e. The summed E-state index contributed by atoms with van der Waals surface area (Å²) in [5.41, 5.74) is 4.37. The van der Waals surface area contributed by atoms with E-state index in [1.165, 1.54) is 11.9 Å². The highest BCUT2D eigenvalue weighted by molar-refractivity contribution is 5.94. The topological polar surface area (TPSA) is 88.8 Å². The van der Waals surface area contributed by atoms with Crippen LogP contribution < -0.4 is 10.2 Å². The van der Waals surface area contributed by atoms with Crippen LogP contribution in [-0.2, 0) is 4.79 Å². The zero-order valence-electron chi connectivity index (χ0n) is 17.0. The largest absolute Gasteiger partial charge is 0.355 e. The van der Waals surface area contributed by atoms with Crippen LogP contribution in [-0.4, -0.2) is 44.0 Å². The van der Waals surface area contributed by atoms with Gasteiger partial charge in [0.15, 0.2) is 11.6 Å². The van der Waals surface area contributed by atoms with E-state index in [1.807, 2.05) is 26.0 Å². The lowest BCUT2D eigenvalue weighted by Gasteiger charge is -2.32. The van der Waals surface area contributed by atoms with Crippen LogP contribution >= 0.6 is 0 Å². The molecule has 150 valence electrons. The third-order valence-electron chi connectivity index (χ3n) is 5.40. The lowest BCUT2D eigenvalue weighted by Crippen LogP contribution is -2.38. The Hall–Kier alpha value is -3.29. The molecule has 1 amide bonds. The van der Waals surface area contributed by atoms with E-state index in [2.05, 4.69) is 49.6 Å². The van der Waals surface area contributed by atoms with Crippen LogP contribution in [0, 0.1) is 26.7 Å². The maximum absolute atomic E-state index is 12.8. The van der Waals surface area contributed by atoms with Crippen molar-refractivity contribution in [3.63, 3.8) is 0 Å². The van der Waals surface area contributed by atoms with Crippen molar-refractivity contribution in [2.75, 3.05) is 23.3 Å². The Morgan fingerprint density at radius 1 is 1.03 bits per heavy atom. The molecule has 1 aromatic carbocycles. The summed E-state index contributed by atoms with van der Waals surface area (Å²) in [5.74, 6) is 1.56. The fourth-order valence-electron chi connectivity index (χ4n) is 3.91. The first kappa shape index (κ1) is 19.0. The SMILES string of the molecule is Cc1cc(C)c(NC(=O)C2CCN(c3ccc(-n4cncn4)nn3)CC2)c(C)c1. The van der Waals surface area contributed by atoms with Gasteiger partial charge in [0.25, 0.3) is 0 Å². The molecule has 29 heavy (non-hydrogen) atoms. The second-order valence-electron chi connectivity index (χ2n) is 7.61. The smallest absolute Gasteiger partial charge is 0.227 e. The first-order valence-electron chi connectivity index (χ1n) is 9.83. The molecular weight excluding hydrogens is 366 g/mol. The molecule has 1 saturated heterocycles. The van der Waals surface area contributed by atoms with Crippen LogP contribution in [0.15, 0.2) is 36.9 Å². The molecule has 2 aromatic heterocycles. The Morgan fingerprint density at radius 2 is 1.69 bits per heavy atom. The number of aromatic nitrogens is 5. The Labute approximate surface area is 170 Å². The van der Waals surface area contributed by atoms with Gasteiger partial charge in [0.05, 0.1) is 0 Å². The van der Waals surface area contributed by atoms with Crippen LogP contribution in [0.1, 0.15) is 29.5 Å². The molecule has 0 atom stereocenters. The number of benzene rings is 1. The Kier molecular flexibility index (Phi) is 5.24. The lowest BCUT2D eigenvalue weighted by atomic mass is 9.95. The van der Waals surface area contributed by atoms with E-state index in [0.717, 1.165) is 48.6 Å². The summed E-state index contributed by atoms with van der Waals surface area (Å²) < 4.78 is 1.57. The number of rotatable bonds is 4. The summed E-state index contributed by atoms with van der Waals surface area (Å²) in [6, 6.07) is 8.02. The second kappa shape index (κ2) is 7.98. The molecule has 0 aliphatic carbocycles. The minimum absolute atomic E-state index is 0.00809. The van der Waals surface area contributed by atoms with Gasteiger partial charge in [-0.1, -0.05) is 17.7 Å². The summed E-state index contributed by atoms with van der Waals surface area (Å²) in [6.45, 7) is 7.71. The minimum Gasteiger partial charge on any atom is -0.355 e. The Balaban J connectivity index is 1.36. The van der Waals surface area contributed by atoms with Crippen molar-refractivity contribution in [2.45, 2.75) is 33.6 Å². The quantitative estimate of drug-likeness (QED) is 0.736. The lowest BCUT2D eigenvalue weighted by molar-refractivity contribution is -0.120. The summed E-state index contributed by atoms with van der Waals surface area (Å²) >= 11 is 0. The number of hydrogen-bond acceptors (Lipinski definition) is 6. The molecule has 0 unspecified atom stereocenters. The molecule has 1 aliphatic rings. The summed E-state index contributed by atoms with van der Waals surface area (Å²) in [5, 5.41) is 15.7. The maximum atomic E-state index is 12.8. The van der Waals surface area contributed by atoms with Crippen molar-refractivity contribution in [3.05, 3.63) is 53.6 Å². The van der Waals surface area contributed by atoms with Crippen molar-refractivity contribution in [2.24, 2.45) is 5.92 Å². The zero-order chi connectivity index (χ0) is 20.4. The number of anilines is 2. The average molecular weight is 391 g/mol. The number of aryl methyl sites for hydroxylation is 3. The van der Waals surface area contributed by atoms with Gasteiger partial charge >= 0.3 is 0 Å². The predicted molar refractivity (Wildman–Crippen MR) is 111 cm³/mol. The van der Waals surface area contributed by atoms with Gasteiger partial charge in [0, 0.05) is 24.7 Å². The molecule has 1 aliphatic heterocycles. The van der Waals surface area contributed by atoms with Crippen LogP contribution in [0.4, 0.5) is 11.5 Å². The first-order valence-corrected chi connectivity index (χ1v) is 9.83. The molecule has 1 fully saturated rings. The summed E-state index contributed by atoms with van der Waals surface area (Å²) in [6.07, 6.45) is 4.64. The van der Waals surface area contributed by atoms with Crippen LogP contribution in [0.2, 0.25) is 0 Å². The van der Waals surface area contributed by atoms with Gasteiger partial charge in [-0.2, -0.15) is 5.10 Å². The van der Waals surface area contributed by atoms with E-state index in [9.17, 15) is 4.79 Å². The molecule has 0 bridgehead atoms. The van der Waals surface area contributed by atoms with Crippen molar-refractivity contribution in [3.8, 4) is 5.82 Å². The molecule has 0 radical (unpaired) electrons. The Morgan fingerprint density at radius 3 is 2.28 bits per heavy atom. The van der Waals surface area contributed by atoms with Gasteiger partial charge in [-0.25, -0.2) is 9.67 Å². The second-order valence-corrected chi connectivity index (χ2v) is 7.61. The zero-order valence-corrected chi connectivity index (χ0v) is 17.0. The van der Waals surface area contributed by atoms with E-state index in [-0.39, 0.29) is 11.8 Å². The highest BCUT2D eigenvalue weighted by atomic mass is 16.1. The predicted octanol–water partition coefficient (Wildman–Crippen LogP) is 2.84. The molecule has 8 heteroatoms. The highest BCUT2D eigenvalue weighted by Crippen LogP contribution is 2.26. The number of piperidine rings is 1. The fourth-order valence-corrected chi connectivity index (χ4v) is 3.91. The fraction of sp³-hybridized carbons (Fsp3) is 0.381. The number of carbonyl (C=O) groups excluding carboxylic acids is 1. The molecule has 0 spiro atoms. The number of amides is 1. The van der Waals surface area contributed by atoms with E-state index in [4.69, 9.17) is 0 Å². The number of nitrogens with one attached hydrogen (secondary N) is 1. The molecule has 4 rings (SSSR count). The molecule has 0 saturated carbocycles. The number of nitrogens with zero attached hydrogens (tertiary/aromatic N) is 6. The Bertz CT molecular complexity index is 967. The van der Waals surface area contributed by atoms with Crippen molar-refractivity contribution >= 4 is 17.4 Å². The third-order valence-corrected chi connectivity index (χ3v) is 5.40. The van der Waals surface area contributed by atoms with Gasteiger partial charge in [-0.15, -0.1) is 10.2 Å². The van der Waals surface area contributed by atoms with Gasteiger partial charge < -0.3 is 10.2 Å². The molecule has 3 heterocycles. The van der Waals surface area contributed by atoms with Crippen LogP contribution in [0.5, 0.6) is 0 Å². The monoisotopic (exact) mass is 391 g/mol. The van der Waals surface area contributed by atoms with Gasteiger partial charge in [0.2, 0.25) is 5.91 Å². The van der Waals surface area contributed by atoms with E-state index < -0.39 is 0 Å². The molecule has 8 nitrogen and oxygen atoms in total. The standard InChI is InChI=1S/C21H25N7O/c1-14-10-15(2)20(16(3)11-14)24-21(29)17-6-8-27(9-7-17)18-4-5-19(26-25-18)28-13-22-12-23-28/h4-5,10-13,17H,6-9H2,1-3H3,(H,24,29). The highest BCUT2D eigenvalue weighted by Gasteiger charge is 2.26. The van der Waals surface area contributed by atoms with Gasteiger partial charge in [-0.3, -0.25) is 4.79 Å². The van der Waals surface area contributed by atoms with E-state index in [0.29, 0.717) is 5.82 Å². The van der Waals surface area contributed by atoms with Gasteiger partial charge in [-0.05, 0) is 56.9 Å². The summed E-state index contributed by atoms with van der Waals surface area (Å²) in [4.78, 5) is 18.9. The molecule has 1 N–H and O–H groups in total. The van der Waals surface area contributed by atoms with Crippen molar-refractivity contribution < 1.29 is 4.79 Å².